The van der Waals surface area contributed by atoms with Crippen LogP contribution in [0, 0.1) is 0 Å². The first-order valence-electron chi connectivity index (χ1n) is 9.04. The molecule has 3 aromatic rings. The predicted molar refractivity (Wildman–Crippen MR) is 101 cm³/mol. The van der Waals surface area contributed by atoms with Gasteiger partial charge in [0.05, 0.1) is 48.0 Å². The van der Waals surface area contributed by atoms with Gasteiger partial charge >= 0.3 is 0 Å². The summed E-state index contributed by atoms with van der Waals surface area (Å²) in [7, 11) is 2.03. The lowest BCUT2D eigenvalue weighted by atomic mass is 10.0. The highest BCUT2D eigenvalue weighted by Crippen LogP contribution is 2.29. The lowest BCUT2D eigenvalue weighted by molar-refractivity contribution is -0.0661. The number of fused-ring (bicyclic) bond motifs is 1. The third-order valence-electron chi connectivity index (χ3n) is 4.95. The molecular formula is C19H24N6O. The smallest absolute Gasteiger partial charge is 0.145 e. The van der Waals surface area contributed by atoms with Gasteiger partial charge in [0.2, 0.25) is 0 Å². The number of aryl methyl sites for hydroxylation is 1. The number of likely N-dealkylation sites (N-methyl/N-ethyl adjacent to an activating group) is 1. The largest absolute Gasteiger partial charge is 0.373 e. The van der Waals surface area contributed by atoms with Crippen LogP contribution in [0.1, 0.15) is 18.7 Å². The molecule has 1 aliphatic rings. The number of anilines is 1. The van der Waals surface area contributed by atoms with Crippen LogP contribution in [-0.4, -0.2) is 56.8 Å². The van der Waals surface area contributed by atoms with Gasteiger partial charge in [-0.1, -0.05) is 19.1 Å². The Bertz CT molecular complexity index is 879. The Morgan fingerprint density at radius 2 is 2.08 bits per heavy atom. The highest BCUT2D eigenvalue weighted by atomic mass is 16.5. The van der Waals surface area contributed by atoms with Crippen molar-refractivity contribution in [2.75, 3.05) is 31.6 Å². The molecule has 26 heavy (non-hydrogen) atoms. The molecule has 0 unspecified atom stereocenters. The van der Waals surface area contributed by atoms with Gasteiger partial charge in [0.1, 0.15) is 5.82 Å². The maximum Gasteiger partial charge on any atom is 0.145 e. The zero-order valence-corrected chi connectivity index (χ0v) is 15.2. The van der Waals surface area contributed by atoms with Crippen molar-refractivity contribution in [3.63, 3.8) is 0 Å². The number of hydrogen-bond acceptors (Lipinski definition) is 6. The van der Waals surface area contributed by atoms with Crippen molar-refractivity contribution in [1.82, 2.24) is 24.4 Å². The van der Waals surface area contributed by atoms with Gasteiger partial charge < -0.3 is 14.6 Å². The molecule has 2 atom stereocenters. The number of nitrogens with zero attached hydrogens (tertiary/aromatic N) is 5. The van der Waals surface area contributed by atoms with E-state index in [2.05, 4.69) is 36.7 Å². The average Bonchev–Trinajstić information content (AvgIpc) is 3.11. The fraction of sp³-hybridized carbons (Fsp3) is 0.421. The number of imidazole rings is 1. The second-order valence-corrected chi connectivity index (χ2v) is 6.54. The Kier molecular flexibility index (Phi) is 4.81. The van der Waals surface area contributed by atoms with E-state index in [-0.39, 0.29) is 12.1 Å². The molecule has 0 radical (unpaired) electrons. The molecule has 136 valence electrons. The first-order valence-corrected chi connectivity index (χ1v) is 9.04. The Balaban J connectivity index is 1.53. The molecule has 4 rings (SSSR count). The van der Waals surface area contributed by atoms with Crippen molar-refractivity contribution in [3.8, 4) is 0 Å². The van der Waals surface area contributed by atoms with E-state index in [4.69, 9.17) is 4.74 Å². The van der Waals surface area contributed by atoms with Crippen LogP contribution in [0.3, 0.4) is 0 Å². The molecule has 1 fully saturated rings. The highest BCUT2D eigenvalue weighted by Gasteiger charge is 2.34. The fourth-order valence-corrected chi connectivity index (χ4v) is 3.59. The summed E-state index contributed by atoms with van der Waals surface area (Å²) in [4.78, 5) is 15.8. The van der Waals surface area contributed by atoms with E-state index in [9.17, 15) is 0 Å². The SMILES string of the molecule is CCN1CCO[C@@H](CNc2cnc3ccccc3n2)[C@@H]1c1cncn1C. The Morgan fingerprint density at radius 3 is 2.85 bits per heavy atom. The number of ether oxygens (including phenoxy) is 1. The Labute approximate surface area is 153 Å². The van der Waals surface area contributed by atoms with Crippen molar-refractivity contribution < 1.29 is 4.74 Å². The first kappa shape index (κ1) is 16.9. The second-order valence-electron chi connectivity index (χ2n) is 6.54. The van der Waals surface area contributed by atoms with Crippen molar-refractivity contribution >= 4 is 16.9 Å². The molecule has 7 nitrogen and oxygen atoms in total. The van der Waals surface area contributed by atoms with Crippen molar-refractivity contribution in [1.29, 1.82) is 0 Å². The molecule has 1 aliphatic heterocycles. The van der Waals surface area contributed by atoms with E-state index in [1.165, 1.54) is 5.69 Å². The van der Waals surface area contributed by atoms with Crippen LogP contribution in [0.25, 0.3) is 11.0 Å². The molecule has 3 heterocycles. The molecule has 0 aliphatic carbocycles. The number of aromatic nitrogens is 4. The zero-order chi connectivity index (χ0) is 17.9. The van der Waals surface area contributed by atoms with Gasteiger partial charge in [0, 0.05) is 26.3 Å². The molecular weight excluding hydrogens is 328 g/mol. The van der Waals surface area contributed by atoms with Gasteiger partial charge in [0.15, 0.2) is 0 Å². The van der Waals surface area contributed by atoms with E-state index in [1.807, 2.05) is 43.8 Å². The van der Waals surface area contributed by atoms with E-state index in [0.29, 0.717) is 6.54 Å². The summed E-state index contributed by atoms with van der Waals surface area (Å²) in [5.74, 6) is 0.768. The van der Waals surface area contributed by atoms with Crippen molar-refractivity contribution in [3.05, 3.63) is 48.7 Å². The monoisotopic (exact) mass is 352 g/mol. The van der Waals surface area contributed by atoms with Crippen LogP contribution in [-0.2, 0) is 11.8 Å². The Morgan fingerprint density at radius 1 is 1.23 bits per heavy atom. The lowest BCUT2D eigenvalue weighted by Gasteiger charge is -2.40. The zero-order valence-electron chi connectivity index (χ0n) is 15.2. The van der Waals surface area contributed by atoms with Crippen LogP contribution in [0.15, 0.2) is 43.0 Å². The maximum absolute atomic E-state index is 6.12. The summed E-state index contributed by atoms with van der Waals surface area (Å²) in [6, 6.07) is 8.05. The van der Waals surface area contributed by atoms with Crippen LogP contribution in [0.5, 0.6) is 0 Å². The summed E-state index contributed by atoms with van der Waals surface area (Å²) >= 11 is 0. The standard InChI is InChI=1S/C19H24N6O/c1-3-25-8-9-26-17(19(25)16-10-20-13-24(16)2)11-22-18-12-21-14-6-4-5-7-15(14)23-18/h4-7,10,12-13,17,19H,3,8-9,11H2,1-2H3,(H,22,23)/t17-,19-/m0/s1. The van der Waals surface area contributed by atoms with Gasteiger partial charge in [-0.2, -0.15) is 0 Å². The second kappa shape index (κ2) is 7.39. The molecule has 1 saturated heterocycles. The number of nitrogens with one attached hydrogen (secondary N) is 1. The minimum atomic E-state index is 0.0207. The van der Waals surface area contributed by atoms with E-state index >= 15 is 0 Å². The van der Waals surface area contributed by atoms with Gasteiger partial charge in [-0.05, 0) is 18.7 Å². The normalized spacial score (nSPS) is 21.2. The molecule has 0 saturated carbocycles. The minimum absolute atomic E-state index is 0.0207. The third kappa shape index (κ3) is 3.27. The Hall–Kier alpha value is -2.51. The number of rotatable bonds is 5. The van der Waals surface area contributed by atoms with Crippen molar-refractivity contribution in [2.24, 2.45) is 7.05 Å². The van der Waals surface area contributed by atoms with Gasteiger partial charge in [-0.3, -0.25) is 9.88 Å². The van der Waals surface area contributed by atoms with E-state index < -0.39 is 0 Å². The number of morpholine rings is 1. The van der Waals surface area contributed by atoms with Gasteiger partial charge in [-0.25, -0.2) is 9.97 Å². The molecule has 0 bridgehead atoms. The average molecular weight is 352 g/mol. The topological polar surface area (TPSA) is 68.1 Å². The summed E-state index contributed by atoms with van der Waals surface area (Å²) in [5.41, 5.74) is 2.96. The van der Waals surface area contributed by atoms with Crippen LogP contribution >= 0.6 is 0 Å². The fourth-order valence-electron chi connectivity index (χ4n) is 3.59. The molecule has 0 spiro atoms. The third-order valence-corrected chi connectivity index (χ3v) is 4.95. The molecule has 7 heteroatoms. The van der Waals surface area contributed by atoms with Crippen LogP contribution < -0.4 is 5.32 Å². The summed E-state index contributed by atoms with van der Waals surface area (Å²) in [5, 5.41) is 3.41. The lowest BCUT2D eigenvalue weighted by Crippen LogP contribution is -2.48. The quantitative estimate of drug-likeness (QED) is 0.759. The number of benzene rings is 1. The number of hydrogen-bond donors (Lipinski definition) is 1. The summed E-state index contributed by atoms with van der Waals surface area (Å²) in [6.07, 6.45) is 5.58. The van der Waals surface area contributed by atoms with E-state index in [1.54, 1.807) is 6.20 Å². The molecule has 1 aromatic carbocycles. The molecule has 2 aromatic heterocycles. The minimum Gasteiger partial charge on any atom is -0.373 e. The predicted octanol–water partition coefficient (Wildman–Crippen LogP) is 2.24. The molecule has 1 N–H and O–H groups in total. The molecule has 0 amide bonds. The number of para-hydroxylation sites is 2. The van der Waals surface area contributed by atoms with Crippen molar-refractivity contribution in [2.45, 2.75) is 19.1 Å². The van der Waals surface area contributed by atoms with Crippen LogP contribution in [0.2, 0.25) is 0 Å². The summed E-state index contributed by atoms with van der Waals surface area (Å²) in [6.45, 7) is 5.50. The van der Waals surface area contributed by atoms with Gasteiger partial charge in [0.25, 0.3) is 0 Å². The highest BCUT2D eigenvalue weighted by molar-refractivity contribution is 5.75. The van der Waals surface area contributed by atoms with E-state index in [0.717, 1.165) is 36.5 Å². The van der Waals surface area contributed by atoms with Crippen LogP contribution in [0.4, 0.5) is 5.82 Å². The first-order chi connectivity index (χ1) is 12.8. The summed E-state index contributed by atoms with van der Waals surface area (Å²) < 4.78 is 8.19. The maximum atomic E-state index is 6.12. The van der Waals surface area contributed by atoms with Gasteiger partial charge in [-0.15, -0.1) is 0 Å².